The van der Waals surface area contributed by atoms with E-state index in [2.05, 4.69) is 4.98 Å². The zero-order valence-corrected chi connectivity index (χ0v) is 9.77. The van der Waals surface area contributed by atoms with Gasteiger partial charge in [-0.15, -0.1) is 0 Å². The fourth-order valence-corrected chi connectivity index (χ4v) is 1.93. The topological polar surface area (TPSA) is 50.2 Å². The van der Waals surface area contributed by atoms with Gasteiger partial charge in [-0.3, -0.25) is 4.98 Å². The Balaban J connectivity index is 2.65. The van der Waals surface area contributed by atoms with Crippen molar-refractivity contribution in [2.75, 3.05) is 0 Å². The molecular formula is C14H13NO2. The third-order valence-electron chi connectivity index (χ3n) is 2.87. The second-order valence-corrected chi connectivity index (χ2v) is 3.97. The van der Waals surface area contributed by atoms with Crippen LogP contribution in [0.4, 0.5) is 0 Å². The lowest BCUT2D eigenvalue weighted by Crippen LogP contribution is -2.01. The number of pyridine rings is 1. The molecule has 0 bridgehead atoms. The van der Waals surface area contributed by atoms with E-state index in [0.717, 1.165) is 22.3 Å². The SMILES string of the molecule is Cc1cnccc1-c1cccc(C(=O)O)c1C. The standard InChI is InChI=1S/C14H13NO2/c1-9-8-15-7-6-11(9)12-4-3-5-13(10(12)2)14(16)17/h3-8H,1-2H3,(H,16,17). The van der Waals surface area contributed by atoms with Gasteiger partial charge in [0, 0.05) is 12.4 Å². The molecular weight excluding hydrogens is 214 g/mol. The molecule has 1 aromatic heterocycles. The van der Waals surface area contributed by atoms with Crippen LogP contribution in [0.1, 0.15) is 21.5 Å². The predicted octanol–water partition coefficient (Wildman–Crippen LogP) is 3.06. The highest BCUT2D eigenvalue weighted by molar-refractivity contribution is 5.92. The minimum absolute atomic E-state index is 0.346. The second kappa shape index (κ2) is 4.37. The zero-order valence-electron chi connectivity index (χ0n) is 9.77. The summed E-state index contributed by atoms with van der Waals surface area (Å²) in [7, 11) is 0. The first-order valence-corrected chi connectivity index (χ1v) is 5.35. The van der Waals surface area contributed by atoms with Crippen molar-refractivity contribution < 1.29 is 9.90 Å². The maximum Gasteiger partial charge on any atom is 0.335 e. The number of benzene rings is 1. The van der Waals surface area contributed by atoms with Crippen LogP contribution in [0.3, 0.4) is 0 Å². The molecule has 17 heavy (non-hydrogen) atoms. The van der Waals surface area contributed by atoms with Gasteiger partial charge in [0.05, 0.1) is 5.56 Å². The molecule has 0 amide bonds. The lowest BCUT2D eigenvalue weighted by atomic mass is 9.95. The maximum atomic E-state index is 11.1. The maximum absolute atomic E-state index is 11.1. The molecule has 1 heterocycles. The number of aromatic carboxylic acids is 1. The molecule has 0 fully saturated rings. The van der Waals surface area contributed by atoms with Crippen LogP contribution in [-0.2, 0) is 0 Å². The van der Waals surface area contributed by atoms with E-state index in [-0.39, 0.29) is 0 Å². The van der Waals surface area contributed by atoms with Gasteiger partial charge in [-0.05, 0) is 48.2 Å². The largest absolute Gasteiger partial charge is 0.478 e. The Hall–Kier alpha value is -2.16. The van der Waals surface area contributed by atoms with Crippen LogP contribution in [0, 0.1) is 13.8 Å². The second-order valence-electron chi connectivity index (χ2n) is 3.97. The summed E-state index contributed by atoms with van der Waals surface area (Å²) in [5.74, 6) is -0.893. The summed E-state index contributed by atoms with van der Waals surface area (Å²) >= 11 is 0. The van der Waals surface area contributed by atoms with Crippen molar-refractivity contribution in [1.29, 1.82) is 0 Å². The summed E-state index contributed by atoms with van der Waals surface area (Å²) in [6.07, 6.45) is 3.50. The molecule has 0 aliphatic rings. The highest BCUT2D eigenvalue weighted by Gasteiger charge is 2.12. The Morgan fingerprint density at radius 2 is 1.94 bits per heavy atom. The number of nitrogens with zero attached hydrogens (tertiary/aromatic N) is 1. The first-order chi connectivity index (χ1) is 8.11. The highest BCUT2D eigenvalue weighted by Crippen LogP contribution is 2.27. The van der Waals surface area contributed by atoms with Gasteiger partial charge in [0.1, 0.15) is 0 Å². The molecule has 0 saturated carbocycles. The summed E-state index contributed by atoms with van der Waals surface area (Å²) in [5.41, 5.74) is 4.15. The minimum Gasteiger partial charge on any atom is -0.478 e. The highest BCUT2D eigenvalue weighted by atomic mass is 16.4. The first-order valence-electron chi connectivity index (χ1n) is 5.35. The number of carboxylic acids is 1. The molecule has 0 spiro atoms. The third kappa shape index (κ3) is 2.04. The Morgan fingerprint density at radius 3 is 2.59 bits per heavy atom. The van der Waals surface area contributed by atoms with Crippen molar-refractivity contribution in [3.63, 3.8) is 0 Å². The molecule has 2 aromatic rings. The van der Waals surface area contributed by atoms with Crippen LogP contribution in [-0.4, -0.2) is 16.1 Å². The summed E-state index contributed by atoms with van der Waals surface area (Å²) < 4.78 is 0. The molecule has 86 valence electrons. The van der Waals surface area contributed by atoms with E-state index >= 15 is 0 Å². The van der Waals surface area contributed by atoms with E-state index in [1.54, 1.807) is 24.5 Å². The summed E-state index contributed by atoms with van der Waals surface area (Å²) in [4.78, 5) is 15.1. The van der Waals surface area contributed by atoms with Crippen molar-refractivity contribution >= 4 is 5.97 Å². The van der Waals surface area contributed by atoms with Gasteiger partial charge in [-0.25, -0.2) is 4.79 Å². The smallest absolute Gasteiger partial charge is 0.335 e. The number of rotatable bonds is 2. The molecule has 0 aliphatic carbocycles. The number of aryl methyl sites for hydroxylation is 1. The predicted molar refractivity (Wildman–Crippen MR) is 66.1 cm³/mol. The fourth-order valence-electron chi connectivity index (χ4n) is 1.93. The molecule has 0 aliphatic heterocycles. The van der Waals surface area contributed by atoms with E-state index in [1.165, 1.54) is 0 Å². The number of hydrogen-bond donors (Lipinski definition) is 1. The Bertz CT molecular complexity index is 576. The number of carboxylic acid groups (broad SMARTS) is 1. The van der Waals surface area contributed by atoms with Crippen LogP contribution in [0.2, 0.25) is 0 Å². The molecule has 3 heteroatoms. The third-order valence-corrected chi connectivity index (χ3v) is 2.87. The normalized spacial score (nSPS) is 10.2. The Kier molecular flexibility index (Phi) is 2.91. The minimum atomic E-state index is -0.893. The Morgan fingerprint density at radius 1 is 1.18 bits per heavy atom. The van der Waals surface area contributed by atoms with Gasteiger partial charge < -0.3 is 5.11 Å². The zero-order chi connectivity index (χ0) is 12.4. The van der Waals surface area contributed by atoms with Gasteiger partial charge in [0.25, 0.3) is 0 Å². The van der Waals surface area contributed by atoms with E-state index in [9.17, 15) is 4.79 Å². The fraction of sp³-hybridized carbons (Fsp3) is 0.143. The van der Waals surface area contributed by atoms with E-state index < -0.39 is 5.97 Å². The lowest BCUT2D eigenvalue weighted by Gasteiger charge is -2.10. The van der Waals surface area contributed by atoms with Gasteiger partial charge in [-0.2, -0.15) is 0 Å². The number of aromatic nitrogens is 1. The van der Waals surface area contributed by atoms with Gasteiger partial charge in [-0.1, -0.05) is 12.1 Å². The van der Waals surface area contributed by atoms with E-state index in [0.29, 0.717) is 5.56 Å². The molecule has 1 N–H and O–H groups in total. The molecule has 0 unspecified atom stereocenters. The molecule has 0 saturated heterocycles. The average Bonchev–Trinajstić information content (AvgIpc) is 2.30. The molecule has 2 rings (SSSR count). The number of hydrogen-bond acceptors (Lipinski definition) is 2. The van der Waals surface area contributed by atoms with Crippen molar-refractivity contribution in [2.24, 2.45) is 0 Å². The van der Waals surface area contributed by atoms with Gasteiger partial charge in [0.2, 0.25) is 0 Å². The summed E-state index contributed by atoms with van der Waals surface area (Å²) in [6, 6.07) is 7.23. The Labute approximate surface area is 99.8 Å². The average molecular weight is 227 g/mol. The first kappa shape index (κ1) is 11.3. The van der Waals surface area contributed by atoms with Crippen molar-refractivity contribution in [1.82, 2.24) is 4.98 Å². The molecule has 0 radical (unpaired) electrons. The van der Waals surface area contributed by atoms with Crippen LogP contribution in [0.5, 0.6) is 0 Å². The molecule has 3 nitrogen and oxygen atoms in total. The van der Waals surface area contributed by atoms with Gasteiger partial charge in [0.15, 0.2) is 0 Å². The van der Waals surface area contributed by atoms with Crippen LogP contribution in [0.15, 0.2) is 36.7 Å². The monoisotopic (exact) mass is 227 g/mol. The van der Waals surface area contributed by atoms with Crippen molar-refractivity contribution in [3.8, 4) is 11.1 Å². The van der Waals surface area contributed by atoms with Crippen molar-refractivity contribution in [3.05, 3.63) is 53.3 Å². The number of carbonyl (C=O) groups is 1. The summed E-state index contributed by atoms with van der Waals surface area (Å²) in [5, 5.41) is 9.09. The van der Waals surface area contributed by atoms with E-state index in [4.69, 9.17) is 5.11 Å². The molecule has 1 aromatic carbocycles. The lowest BCUT2D eigenvalue weighted by molar-refractivity contribution is 0.0696. The van der Waals surface area contributed by atoms with Crippen LogP contribution < -0.4 is 0 Å². The van der Waals surface area contributed by atoms with Crippen molar-refractivity contribution in [2.45, 2.75) is 13.8 Å². The van der Waals surface area contributed by atoms with Crippen LogP contribution >= 0.6 is 0 Å². The quantitative estimate of drug-likeness (QED) is 0.857. The molecule has 0 atom stereocenters. The summed E-state index contributed by atoms with van der Waals surface area (Å²) in [6.45, 7) is 3.80. The van der Waals surface area contributed by atoms with Gasteiger partial charge >= 0.3 is 5.97 Å². The van der Waals surface area contributed by atoms with Crippen LogP contribution in [0.25, 0.3) is 11.1 Å². The van der Waals surface area contributed by atoms with E-state index in [1.807, 2.05) is 26.0 Å².